The van der Waals surface area contributed by atoms with E-state index >= 15 is 0 Å². The Bertz CT molecular complexity index is 3200. The number of fused-ring (bicyclic) bond motifs is 2. The van der Waals surface area contributed by atoms with Crippen LogP contribution >= 0.6 is 34.8 Å². The van der Waals surface area contributed by atoms with Gasteiger partial charge in [0.15, 0.2) is 15.2 Å². The highest BCUT2D eigenvalue weighted by Crippen LogP contribution is 2.40. The van der Waals surface area contributed by atoms with E-state index in [2.05, 4.69) is 77.3 Å². The van der Waals surface area contributed by atoms with E-state index in [1.807, 2.05) is 66.7 Å². The molecule has 0 aliphatic heterocycles. The van der Waals surface area contributed by atoms with Crippen molar-refractivity contribution in [2.75, 3.05) is 46.6 Å². The molecule has 0 radical (unpaired) electrons. The minimum Gasteiger partial charge on any atom is -0.372 e. The number of nitrogens with zero attached hydrogens (tertiary/aromatic N) is 11. The summed E-state index contributed by atoms with van der Waals surface area (Å²) in [6.07, 6.45) is 0. The highest BCUT2D eigenvalue weighted by atomic mass is 32.2. The van der Waals surface area contributed by atoms with Gasteiger partial charge in [0.2, 0.25) is 11.9 Å². The third-order valence-corrected chi connectivity index (χ3v) is 14.6. The molecule has 68 heavy (non-hydrogen) atoms. The van der Waals surface area contributed by atoms with Crippen molar-refractivity contribution in [3.05, 3.63) is 109 Å². The Hall–Kier alpha value is -6.54. The lowest BCUT2D eigenvalue weighted by molar-refractivity contribution is 0.481. The first-order valence-corrected chi connectivity index (χ1v) is 26.5. The van der Waals surface area contributed by atoms with Gasteiger partial charge < -0.3 is 20.4 Å². The van der Waals surface area contributed by atoms with Gasteiger partial charge in [0, 0.05) is 54.1 Å². The molecule has 0 unspecified atom stereocenters. The van der Waals surface area contributed by atoms with Gasteiger partial charge >= 0.3 is 0 Å². The summed E-state index contributed by atoms with van der Waals surface area (Å²) in [6.45, 7) is 11.2. The number of anilines is 6. The Morgan fingerprint density at radius 3 is 1.46 bits per heavy atom. The molecular formula is C44H43N13O6S5. The van der Waals surface area contributed by atoms with Crippen molar-refractivity contribution in [2.45, 2.75) is 48.4 Å². The fraction of sp³-hybridized carbons (Fsp3) is 0.205. The van der Waals surface area contributed by atoms with E-state index in [1.54, 1.807) is 0 Å². The number of benzene rings is 5. The summed E-state index contributed by atoms with van der Waals surface area (Å²) in [5.41, 5.74) is 5.69. The number of hydrogen-bond acceptors (Lipinski definition) is 20. The monoisotopic (exact) mass is 1010 g/mol. The van der Waals surface area contributed by atoms with Gasteiger partial charge in [-0.15, -0.1) is 20.5 Å². The number of azo groups is 2. The molecule has 4 N–H and O–H groups in total. The number of nitrogens with one attached hydrogen (secondary N) is 2. The molecule has 3 heterocycles. The van der Waals surface area contributed by atoms with Gasteiger partial charge in [-0.05, 0) is 129 Å². The van der Waals surface area contributed by atoms with E-state index in [-0.39, 0.29) is 21.7 Å². The van der Waals surface area contributed by atoms with Crippen LogP contribution in [-0.4, -0.2) is 75.8 Å². The van der Waals surface area contributed by atoms with Crippen LogP contribution in [0, 0.1) is 0 Å². The van der Waals surface area contributed by atoms with Crippen molar-refractivity contribution in [1.29, 1.82) is 0 Å². The first kappa shape index (κ1) is 47.9. The molecule has 0 saturated heterocycles. The summed E-state index contributed by atoms with van der Waals surface area (Å²) in [5.74, 6) is 0.920. The Balaban J connectivity index is 1.20. The fourth-order valence-corrected chi connectivity index (χ4v) is 10.1. The molecule has 0 fully saturated rings. The van der Waals surface area contributed by atoms with Crippen molar-refractivity contribution in [1.82, 2.24) is 23.7 Å². The summed E-state index contributed by atoms with van der Waals surface area (Å²) in [7, 11) is -8.95. The van der Waals surface area contributed by atoms with Crippen LogP contribution in [0.15, 0.2) is 139 Å². The molecule has 24 heteroatoms. The average molecular weight is 1010 g/mol. The molecule has 8 aromatic rings. The van der Waals surface area contributed by atoms with E-state index in [0.717, 1.165) is 66.2 Å². The number of rotatable bonds is 19. The van der Waals surface area contributed by atoms with Gasteiger partial charge in [-0.1, -0.05) is 42.1 Å². The predicted molar refractivity (Wildman–Crippen MR) is 270 cm³/mol. The maximum atomic E-state index is 12.0. The Labute approximate surface area is 404 Å². The number of thioether (sulfide) groups is 1. The third-order valence-electron chi connectivity index (χ3n) is 10.5. The predicted octanol–water partition coefficient (Wildman–Crippen LogP) is 11.9. The van der Waals surface area contributed by atoms with Gasteiger partial charge in [-0.3, -0.25) is 9.11 Å². The Kier molecular flexibility index (Phi) is 14.6. The second-order valence-corrected chi connectivity index (χ2v) is 20.0. The summed E-state index contributed by atoms with van der Waals surface area (Å²) in [4.78, 5) is 18.3. The van der Waals surface area contributed by atoms with Crippen LogP contribution in [0.25, 0.3) is 21.8 Å². The molecule has 0 atom stereocenters. The third kappa shape index (κ3) is 11.2. The maximum absolute atomic E-state index is 12.0. The van der Waals surface area contributed by atoms with Gasteiger partial charge in [0.1, 0.15) is 11.4 Å². The van der Waals surface area contributed by atoms with Crippen LogP contribution in [0.4, 0.5) is 56.0 Å². The maximum Gasteiger partial charge on any atom is 0.294 e. The quantitative estimate of drug-likeness (QED) is 0.0334. The first-order chi connectivity index (χ1) is 32.7. The van der Waals surface area contributed by atoms with Gasteiger partial charge in [-0.2, -0.15) is 40.5 Å². The van der Waals surface area contributed by atoms with E-state index < -0.39 is 20.2 Å². The standard InChI is InChI=1S/C44H43N13O6S5/c1-5-56(6-2)28-14-18-36(50-52-40-32-24-30(67(58,59)60)16-20-34(32)54-65-40)38(22-28)45-42-47-43(49-44(48-42)64-26-27-12-10-9-11-13-27)46-39-23-29(57(7-3)8-4)15-19-37(39)51-53-41-33-25-31(68(61,62)63)17-21-35(33)55-66-41/h9-25H,5-8,26H2,1-4H3,(H,58,59,60)(H,61,62,63)(H2,45,46,47,48,49). The zero-order valence-corrected chi connectivity index (χ0v) is 40.9. The summed E-state index contributed by atoms with van der Waals surface area (Å²) < 4.78 is 76.0. The van der Waals surface area contributed by atoms with Crippen molar-refractivity contribution in [2.24, 2.45) is 20.5 Å². The van der Waals surface area contributed by atoms with Crippen LogP contribution in [0.1, 0.15) is 33.3 Å². The minimum atomic E-state index is -4.47. The lowest BCUT2D eigenvalue weighted by atomic mass is 10.2. The summed E-state index contributed by atoms with van der Waals surface area (Å²) >= 11 is 3.48. The van der Waals surface area contributed by atoms with Crippen molar-refractivity contribution < 1.29 is 25.9 Å². The zero-order valence-electron chi connectivity index (χ0n) is 36.8. The largest absolute Gasteiger partial charge is 0.372 e. The molecule has 8 rings (SSSR count). The SMILES string of the molecule is CCN(CC)c1ccc(N=Nc2snc3ccc(S(=O)(=O)O)cc23)c(Nc2nc(Nc3cc(N(CC)CC)ccc3N=Nc3snc4ccc(S(=O)(=O)O)cc34)nc(SCc3ccccc3)n2)c1. The summed E-state index contributed by atoms with van der Waals surface area (Å²) in [5, 5.41) is 26.8. The van der Waals surface area contributed by atoms with Gasteiger partial charge in [0.05, 0.1) is 32.2 Å². The molecular weight excluding hydrogens is 967 g/mol. The fourth-order valence-electron chi connectivity index (χ4n) is 6.97. The number of hydrogen-bond donors (Lipinski definition) is 4. The molecule has 0 amide bonds. The molecule has 19 nitrogen and oxygen atoms in total. The molecule has 0 aliphatic rings. The van der Waals surface area contributed by atoms with E-state index in [4.69, 9.17) is 15.0 Å². The minimum absolute atomic E-state index is 0.182. The molecule has 3 aromatic heterocycles. The summed E-state index contributed by atoms with van der Waals surface area (Å²) in [6, 6.07) is 29.4. The van der Waals surface area contributed by atoms with Crippen LogP contribution < -0.4 is 20.4 Å². The van der Waals surface area contributed by atoms with Crippen molar-refractivity contribution in [3.63, 3.8) is 0 Å². The van der Waals surface area contributed by atoms with Crippen molar-refractivity contribution >= 4 is 133 Å². The topological polar surface area (TPSA) is 253 Å². The second kappa shape index (κ2) is 20.8. The number of aromatic nitrogens is 5. The molecule has 350 valence electrons. The van der Waals surface area contributed by atoms with Crippen LogP contribution in [0.2, 0.25) is 0 Å². The van der Waals surface area contributed by atoms with Crippen molar-refractivity contribution in [3.8, 4) is 0 Å². The molecule has 0 bridgehead atoms. The Morgan fingerprint density at radius 1 is 0.574 bits per heavy atom. The van der Waals surface area contributed by atoms with Crippen LogP contribution in [0.3, 0.4) is 0 Å². The smallest absolute Gasteiger partial charge is 0.294 e. The zero-order chi connectivity index (χ0) is 48.0. The van der Waals surface area contributed by atoms with E-state index in [9.17, 15) is 25.9 Å². The Morgan fingerprint density at radius 2 is 1.03 bits per heavy atom. The molecule has 0 saturated carbocycles. The van der Waals surface area contributed by atoms with Crippen LogP contribution in [0.5, 0.6) is 0 Å². The highest BCUT2D eigenvalue weighted by molar-refractivity contribution is 7.98. The van der Waals surface area contributed by atoms with Crippen LogP contribution in [-0.2, 0) is 26.0 Å². The average Bonchev–Trinajstić information content (AvgIpc) is 3.94. The molecule has 5 aromatic carbocycles. The first-order valence-electron chi connectivity index (χ1n) is 21.0. The molecule has 0 spiro atoms. The molecule has 0 aliphatic carbocycles. The second-order valence-electron chi connectivity index (χ2n) is 14.7. The highest BCUT2D eigenvalue weighted by Gasteiger charge is 2.19. The lowest BCUT2D eigenvalue weighted by Gasteiger charge is -2.22. The van der Waals surface area contributed by atoms with E-state index in [0.29, 0.717) is 65.5 Å². The normalized spacial score (nSPS) is 12.1. The van der Waals surface area contributed by atoms with Gasteiger partial charge in [0.25, 0.3) is 20.2 Å². The lowest BCUT2D eigenvalue weighted by Crippen LogP contribution is -2.21. The van der Waals surface area contributed by atoms with E-state index in [1.165, 1.54) is 48.2 Å². The van der Waals surface area contributed by atoms with Gasteiger partial charge in [-0.25, -0.2) is 0 Å².